The van der Waals surface area contributed by atoms with Gasteiger partial charge < -0.3 is 15.4 Å². The SMILES string of the molecule is CCOc1ccc(CN2CCN(C(=O)C3(N)CCCC3)CC2)cc1. The summed E-state index contributed by atoms with van der Waals surface area (Å²) in [5, 5.41) is 0. The molecule has 2 fully saturated rings. The van der Waals surface area contributed by atoms with Crippen LogP contribution in [-0.4, -0.2) is 54.0 Å². The minimum atomic E-state index is -0.586. The molecule has 5 nitrogen and oxygen atoms in total. The number of carbonyl (C=O) groups is 1. The molecule has 1 heterocycles. The Morgan fingerprint density at radius 3 is 2.33 bits per heavy atom. The Balaban J connectivity index is 1.49. The highest BCUT2D eigenvalue weighted by atomic mass is 16.5. The fourth-order valence-corrected chi connectivity index (χ4v) is 3.76. The quantitative estimate of drug-likeness (QED) is 0.896. The van der Waals surface area contributed by atoms with Crippen molar-refractivity contribution in [3.05, 3.63) is 29.8 Å². The van der Waals surface area contributed by atoms with E-state index in [4.69, 9.17) is 10.5 Å². The number of hydrogen-bond acceptors (Lipinski definition) is 4. The number of rotatable bonds is 5. The van der Waals surface area contributed by atoms with Crippen LogP contribution in [0.3, 0.4) is 0 Å². The van der Waals surface area contributed by atoms with Crippen molar-refractivity contribution in [3.63, 3.8) is 0 Å². The maximum atomic E-state index is 12.7. The highest BCUT2D eigenvalue weighted by Crippen LogP contribution is 2.29. The lowest BCUT2D eigenvalue weighted by Gasteiger charge is -2.38. The van der Waals surface area contributed by atoms with Crippen LogP contribution in [0.4, 0.5) is 0 Å². The molecule has 5 heteroatoms. The first-order valence-electron chi connectivity index (χ1n) is 9.13. The van der Waals surface area contributed by atoms with Gasteiger partial charge in [0.2, 0.25) is 5.91 Å². The average molecular weight is 331 g/mol. The van der Waals surface area contributed by atoms with E-state index in [1.807, 2.05) is 24.0 Å². The Kier molecular flexibility index (Phi) is 5.41. The molecule has 1 aromatic carbocycles. The summed E-state index contributed by atoms with van der Waals surface area (Å²) in [6.45, 7) is 7.00. The van der Waals surface area contributed by atoms with Gasteiger partial charge in [0.1, 0.15) is 5.75 Å². The highest BCUT2D eigenvalue weighted by Gasteiger charge is 2.40. The fraction of sp³-hybridized carbons (Fsp3) is 0.632. The van der Waals surface area contributed by atoms with E-state index in [2.05, 4.69) is 17.0 Å². The van der Waals surface area contributed by atoms with Gasteiger partial charge in [-0.2, -0.15) is 0 Å². The maximum absolute atomic E-state index is 12.7. The average Bonchev–Trinajstić information content (AvgIpc) is 3.05. The summed E-state index contributed by atoms with van der Waals surface area (Å²) in [4.78, 5) is 17.0. The molecule has 0 spiro atoms. The summed E-state index contributed by atoms with van der Waals surface area (Å²) in [6, 6.07) is 8.29. The van der Waals surface area contributed by atoms with Crippen molar-refractivity contribution in [1.82, 2.24) is 9.80 Å². The van der Waals surface area contributed by atoms with Gasteiger partial charge in [-0.05, 0) is 37.5 Å². The lowest BCUT2D eigenvalue weighted by Crippen LogP contribution is -2.58. The van der Waals surface area contributed by atoms with Crippen LogP contribution in [0.2, 0.25) is 0 Å². The molecule has 1 aliphatic carbocycles. The number of amides is 1. The number of benzene rings is 1. The molecule has 1 aliphatic heterocycles. The van der Waals surface area contributed by atoms with Crippen molar-refractivity contribution in [2.24, 2.45) is 5.73 Å². The predicted molar refractivity (Wildman–Crippen MR) is 94.9 cm³/mol. The zero-order valence-corrected chi connectivity index (χ0v) is 14.7. The number of hydrogen-bond donors (Lipinski definition) is 1. The summed E-state index contributed by atoms with van der Waals surface area (Å²) < 4.78 is 5.48. The molecule has 0 bridgehead atoms. The van der Waals surface area contributed by atoms with Crippen LogP contribution < -0.4 is 10.5 Å². The molecule has 1 aromatic rings. The van der Waals surface area contributed by atoms with Crippen molar-refractivity contribution >= 4 is 5.91 Å². The van der Waals surface area contributed by atoms with Crippen molar-refractivity contribution in [2.75, 3.05) is 32.8 Å². The summed E-state index contributed by atoms with van der Waals surface area (Å²) >= 11 is 0. The van der Waals surface area contributed by atoms with Crippen LogP contribution in [0, 0.1) is 0 Å². The normalized spacial score (nSPS) is 21.0. The van der Waals surface area contributed by atoms with Crippen LogP contribution in [0.5, 0.6) is 5.75 Å². The van der Waals surface area contributed by atoms with Crippen LogP contribution in [-0.2, 0) is 11.3 Å². The lowest BCUT2D eigenvalue weighted by molar-refractivity contribution is -0.138. The van der Waals surface area contributed by atoms with Gasteiger partial charge in [-0.3, -0.25) is 9.69 Å². The van der Waals surface area contributed by atoms with Crippen LogP contribution >= 0.6 is 0 Å². The van der Waals surface area contributed by atoms with Gasteiger partial charge >= 0.3 is 0 Å². The lowest BCUT2D eigenvalue weighted by atomic mass is 9.97. The molecule has 24 heavy (non-hydrogen) atoms. The first kappa shape index (κ1) is 17.2. The van der Waals surface area contributed by atoms with E-state index < -0.39 is 5.54 Å². The van der Waals surface area contributed by atoms with Crippen LogP contribution in [0.15, 0.2) is 24.3 Å². The fourth-order valence-electron chi connectivity index (χ4n) is 3.76. The molecule has 2 N–H and O–H groups in total. The molecular formula is C19H29N3O2. The molecule has 1 amide bonds. The predicted octanol–water partition coefficient (Wildman–Crippen LogP) is 2.00. The van der Waals surface area contributed by atoms with Gasteiger partial charge in [0.25, 0.3) is 0 Å². The topological polar surface area (TPSA) is 58.8 Å². The van der Waals surface area contributed by atoms with E-state index in [1.165, 1.54) is 5.56 Å². The second kappa shape index (κ2) is 7.53. The monoisotopic (exact) mass is 331 g/mol. The van der Waals surface area contributed by atoms with Gasteiger partial charge in [-0.1, -0.05) is 25.0 Å². The third kappa shape index (κ3) is 3.90. The number of piperazine rings is 1. The number of nitrogens with two attached hydrogens (primary N) is 1. The molecule has 1 saturated carbocycles. The van der Waals surface area contributed by atoms with Gasteiger partial charge in [-0.25, -0.2) is 0 Å². The molecule has 3 rings (SSSR count). The van der Waals surface area contributed by atoms with E-state index in [0.717, 1.165) is 64.2 Å². The van der Waals surface area contributed by atoms with Crippen molar-refractivity contribution in [2.45, 2.75) is 44.7 Å². The van der Waals surface area contributed by atoms with Gasteiger partial charge in [0.05, 0.1) is 12.1 Å². The van der Waals surface area contributed by atoms with E-state index in [0.29, 0.717) is 6.61 Å². The Morgan fingerprint density at radius 2 is 1.75 bits per heavy atom. The minimum absolute atomic E-state index is 0.167. The Bertz CT molecular complexity index is 544. The van der Waals surface area contributed by atoms with Crippen molar-refractivity contribution in [1.29, 1.82) is 0 Å². The summed E-state index contributed by atoms with van der Waals surface area (Å²) in [5.41, 5.74) is 7.01. The van der Waals surface area contributed by atoms with E-state index in [9.17, 15) is 4.79 Å². The summed E-state index contributed by atoms with van der Waals surface area (Å²) in [5.74, 6) is 1.09. The number of carbonyl (C=O) groups excluding carboxylic acids is 1. The number of ether oxygens (including phenoxy) is 1. The highest BCUT2D eigenvalue weighted by molar-refractivity contribution is 5.86. The molecule has 1 saturated heterocycles. The van der Waals surface area contributed by atoms with Gasteiger partial charge in [0.15, 0.2) is 0 Å². The standard InChI is InChI=1S/C19H29N3O2/c1-2-24-17-7-5-16(6-8-17)15-21-11-13-22(14-12-21)18(23)19(20)9-3-4-10-19/h5-8H,2-4,9-15,20H2,1H3. The zero-order valence-electron chi connectivity index (χ0n) is 14.7. The van der Waals surface area contributed by atoms with Gasteiger partial charge in [-0.15, -0.1) is 0 Å². The largest absolute Gasteiger partial charge is 0.494 e. The number of nitrogens with zero attached hydrogens (tertiary/aromatic N) is 2. The first-order chi connectivity index (χ1) is 11.6. The first-order valence-corrected chi connectivity index (χ1v) is 9.13. The van der Waals surface area contributed by atoms with Crippen LogP contribution in [0.1, 0.15) is 38.2 Å². The molecule has 0 atom stereocenters. The second-order valence-corrected chi connectivity index (χ2v) is 7.01. The molecule has 0 radical (unpaired) electrons. The van der Waals surface area contributed by atoms with Crippen LogP contribution in [0.25, 0.3) is 0 Å². The Hall–Kier alpha value is -1.59. The molecule has 132 valence electrons. The van der Waals surface area contributed by atoms with E-state index in [1.54, 1.807) is 0 Å². The minimum Gasteiger partial charge on any atom is -0.494 e. The molecule has 0 aromatic heterocycles. The van der Waals surface area contributed by atoms with E-state index in [-0.39, 0.29) is 5.91 Å². The molecule has 0 unspecified atom stereocenters. The van der Waals surface area contributed by atoms with Crippen molar-refractivity contribution in [3.8, 4) is 5.75 Å². The van der Waals surface area contributed by atoms with Gasteiger partial charge in [0, 0.05) is 32.7 Å². The Morgan fingerprint density at radius 1 is 1.12 bits per heavy atom. The van der Waals surface area contributed by atoms with Crippen molar-refractivity contribution < 1.29 is 9.53 Å². The third-order valence-electron chi connectivity index (χ3n) is 5.22. The third-order valence-corrected chi connectivity index (χ3v) is 5.22. The van der Waals surface area contributed by atoms with E-state index >= 15 is 0 Å². The summed E-state index contributed by atoms with van der Waals surface area (Å²) in [7, 11) is 0. The smallest absolute Gasteiger partial charge is 0.242 e. The molecule has 2 aliphatic rings. The Labute approximate surface area is 144 Å². The summed E-state index contributed by atoms with van der Waals surface area (Å²) in [6.07, 6.45) is 3.86. The zero-order chi connectivity index (χ0) is 17.0. The maximum Gasteiger partial charge on any atom is 0.242 e. The molecular weight excluding hydrogens is 302 g/mol. The second-order valence-electron chi connectivity index (χ2n) is 7.01.